The standard InChI is InChI=1S/C22H41NO3/c1-2-3-4-5-6-7-8-9-10-11-12-13-14-15-16-17-22(26)23(18-20-24)19-21-25/h6-7,9-10,24-25H,2-5,8,11-21H2,1H3. The third-order valence-electron chi connectivity index (χ3n) is 4.43. The smallest absolute Gasteiger partial charge is 0.222 e. The second kappa shape index (κ2) is 20.2. The van der Waals surface area contributed by atoms with E-state index < -0.39 is 0 Å². The summed E-state index contributed by atoms with van der Waals surface area (Å²) < 4.78 is 0. The molecular formula is C22H41NO3. The quantitative estimate of drug-likeness (QED) is 0.275. The van der Waals surface area contributed by atoms with Crippen molar-refractivity contribution in [2.75, 3.05) is 26.3 Å². The van der Waals surface area contributed by atoms with E-state index in [1.165, 1.54) is 44.9 Å². The summed E-state index contributed by atoms with van der Waals surface area (Å²) in [5.74, 6) is 0.0405. The molecule has 4 heteroatoms. The zero-order valence-electron chi connectivity index (χ0n) is 16.9. The number of hydrogen-bond acceptors (Lipinski definition) is 3. The molecule has 0 spiro atoms. The van der Waals surface area contributed by atoms with Crippen molar-refractivity contribution in [2.45, 2.75) is 84.0 Å². The highest BCUT2D eigenvalue weighted by atomic mass is 16.3. The number of aliphatic hydroxyl groups excluding tert-OH is 2. The number of carbonyl (C=O) groups excluding carboxylic acids is 1. The molecule has 0 fully saturated rings. The summed E-state index contributed by atoms with van der Waals surface area (Å²) in [5.41, 5.74) is 0. The Hall–Kier alpha value is -1.13. The van der Waals surface area contributed by atoms with E-state index in [0.29, 0.717) is 19.5 Å². The van der Waals surface area contributed by atoms with Gasteiger partial charge in [0.05, 0.1) is 13.2 Å². The van der Waals surface area contributed by atoms with Crippen LogP contribution >= 0.6 is 0 Å². The molecule has 26 heavy (non-hydrogen) atoms. The molecule has 0 saturated carbocycles. The number of aliphatic hydroxyl groups is 2. The van der Waals surface area contributed by atoms with Crippen molar-refractivity contribution in [2.24, 2.45) is 0 Å². The van der Waals surface area contributed by atoms with Gasteiger partial charge < -0.3 is 15.1 Å². The summed E-state index contributed by atoms with van der Waals surface area (Å²) in [6, 6.07) is 0. The molecule has 0 atom stereocenters. The van der Waals surface area contributed by atoms with Crippen LogP contribution in [0, 0.1) is 0 Å². The molecule has 152 valence electrons. The van der Waals surface area contributed by atoms with Gasteiger partial charge in [-0.15, -0.1) is 0 Å². The van der Waals surface area contributed by atoms with Gasteiger partial charge in [-0.1, -0.05) is 63.3 Å². The first-order valence-electron chi connectivity index (χ1n) is 10.6. The van der Waals surface area contributed by atoms with Crippen LogP contribution in [0.1, 0.15) is 84.0 Å². The van der Waals surface area contributed by atoms with Gasteiger partial charge in [-0.25, -0.2) is 0 Å². The van der Waals surface area contributed by atoms with Gasteiger partial charge in [0.1, 0.15) is 0 Å². The van der Waals surface area contributed by atoms with Gasteiger partial charge in [0, 0.05) is 19.5 Å². The molecule has 4 nitrogen and oxygen atoms in total. The maximum atomic E-state index is 11.9. The van der Waals surface area contributed by atoms with Crippen LogP contribution in [-0.4, -0.2) is 47.3 Å². The first-order valence-corrected chi connectivity index (χ1v) is 10.6. The van der Waals surface area contributed by atoms with Crippen molar-refractivity contribution in [1.29, 1.82) is 0 Å². The van der Waals surface area contributed by atoms with Crippen LogP contribution < -0.4 is 0 Å². The zero-order chi connectivity index (χ0) is 19.3. The Labute approximate surface area is 161 Å². The fourth-order valence-electron chi connectivity index (χ4n) is 2.85. The Bertz CT molecular complexity index is 360. The average Bonchev–Trinajstić information content (AvgIpc) is 2.64. The largest absolute Gasteiger partial charge is 0.395 e. The fraction of sp³-hybridized carbons (Fsp3) is 0.773. The minimum Gasteiger partial charge on any atom is -0.395 e. The molecule has 0 aliphatic heterocycles. The number of amides is 1. The molecular weight excluding hydrogens is 326 g/mol. The van der Waals surface area contributed by atoms with E-state index in [0.717, 1.165) is 25.7 Å². The monoisotopic (exact) mass is 367 g/mol. The Morgan fingerprint density at radius 3 is 1.88 bits per heavy atom. The van der Waals surface area contributed by atoms with E-state index in [-0.39, 0.29) is 19.1 Å². The number of unbranched alkanes of at least 4 members (excludes halogenated alkanes) is 8. The van der Waals surface area contributed by atoms with Crippen LogP contribution in [-0.2, 0) is 4.79 Å². The van der Waals surface area contributed by atoms with E-state index in [1.54, 1.807) is 4.90 Å². The lowest BCUT2D eigenvalue weighted by Crippen LogP contribution is -2.35. The number of allylic oxidation sites excluding steroid dienone is 4. The van der Waals surface area contributed by atoms with Gasteiger partial charge in [0.2, 0.25) is 5.91 Å². The third-order valence-corrected chi connectivity index (χ3v) is 4.43. The van der Waals surface area contributed by atoms with Crippen molar-refractivity contribution in [1.82, 2.24) is 4.90 Å². The molecule has 0 radical (unpaired) electrons. The number of rotatable bonds is 18. The predicted octanol–water partition coefficient (Wildman–Crippen LogP) is 4.61. The van der Waals surface area contributed by atoms with Gasteiger partial charge in [-0.2, -0.15) is 0 Å². The third kappa shape index (κ3) is 16.3. The van der Waals surface area contributed by atoms with Crippen LogP contribution in [0.3, 0.4) is 0 Å². The molecule has 2 N–H and O–H groups in total. The Balaban J connectivity index is 3.47. The van der Waals surface area contributed by atoms with Crippen molar-refractivity contribution in [3.05, 3.63) is 24.3 Å². The second-order valence-electron chi connectivity index (χ2n) is 6.81. The molecule has 0 aromatic carbocycles. The van der Waals surface area contributed by atoms with Gasteiger partial charge in [-0.3, -0.25) is 4.79 Å². The lowest BCUT2D eigenvalue weighted by molar-refractivity contribution is -0.132. The molecule has 0 heterocycles. The van der Waals surface area contributed by atoms with Crippen LogP contribution in [0.25, 0.3) is 0 Å². The normalized spacial score (nSPS) is 11.7. The fourth-order valence-corrected chi connectivity index (χ4v) is 2.85. The van der Waals surface area contributed by atoms with Gasteiger partial charge >= 0.3 is 0 Å². The topological polar surface area (TPSA) is 60.8 Å². The minimum atomic E-state index is -0.0477. The average molecular weight is 368 g/mol. The summed E-state index contributed by atoms with van der Waals surface area (Å²) in [6.07, 6.45) is 22.5. The van der Waals surface area contributed by atoms with Crippen molar-refractivity contribution >= 4 is 5.91 Å². The molecule has 0 rings (SSSR count). The highest BCUT2D eigenvalue weighted by Crippen LogP contribution is 2.09. The van der Waals surface area contributed by atoms with Crippen molar-refractivity contribution in [3.8, 4) is 0 Å². The minimum absolute atomic E-state index is 0.0405. The van der Waals surface area contributed by atoms with Crippen LogP contribution in [0.4, 0.5) is 0 Å². The van der Waals surface area contributed by atoms with Gasteiger partial charge in [-0.05, 0) is 38.5 Å². The second-order valence-corrected chi connectivity index (χ2v) is 6.81. The summed E-state index contributed by atoms with van der Waals surface area (Å²) in [7, 11) is 0. The molecule has 0 aliphatic carbocycles. The van der Waals surface area contributed by atoms with E-state index in [4.69, 9.17) is 10.2 Å². The zero-order valence-corrected chi connectivity index (χ0v) is 16.9. The summed E-state index contributed by atoms with van der Waals surface area (Å²) in [6.45, 7) is 2.78. The number of carbonyl (C=O) groups is 1. The van der Waals surface area contributed by atoms with Crippen LogP contribution in [0.2, 0.25) is 0 Å². The van der Waals surface area contributed by atoms with Crippen molar-refractivity contribution < 1.29 is 15.0 Å². The van der Waals surface area contributed by atoms with Gasteiger partial charge in [0.15, 0.2) is 0 Å². The molecule has 1 amide bonds. The maximum absolute atomic E-state index is 11.9. The molecule has 0 aromatic heterocycles. The first kappa shape index (κ1) is 24.9. The number of nitrogens with zero attached hydrogens (tertiary/aromatic N) is 1. The highest BCUT2D eigenvalue weighted by molar-refractivity contribution is 5.76. The van der Waals surface area contributed by atoms with Crippen molar-refractivity contribution in [3.63, 3.8) is 0 Å². The van der Waals surface area contributed by atoms with Crippen LogP contribution in [0.15, 0.2) is 24.3 Å². The Morgan fingerprint density at radius 1 is 0.769 bits per heavy atom. The van der Waals surface area contributed by atoms with E-state index in [1.807, 2.05) is 0 Å². The van der Waals surface area contributed by atoms with Crippen LogP contribution in [0.5, 0.6) is 0 Å². The molecule has 0 saturated heterocycles. The lowest BCUT2D eigenvalue weighted by atomic mass is 10.1. The van der Waals surface area contributed by atoms with Gasteiger partial charge in [0.25, 0.3) is 0 Å². The molecule has 0 unspecified atom stereocenters. The summed E-state index contributed by atoms with van der Waals surface area (Å²) in [5, 5.41) is 17.9. The molecule has 0 aliphatic rings. The Kier molecular flexibility index (Phi) is 19.3. The van der Waals surface area contributed by atoms with E-state index >= 15 is 0 Å². The van der Waals surface area contributed by atoms with E-state index in [9.17, 15) is 4.79 Å². The predicted molar refractivity (Wildman–Crippen MR) is 110 cm³/mol. The highest BCUT2D eigenvalue weighted by Gasteiger charge is 2.11. The van der Waals surface area contributed by atoms with E-state index in [2.05, 4.69) is 31.2 Å². The first-order chi connectivity index (χ1) is 12.8. The lowest BCUT2D eigenvalue weighted by Gasteiger charge is -2.20. The Morgan fingerprint density at radius 2 is 1.31 bits per heavy atom. The molecule has 0 bridgehead atoms. The summed E-state index contributed by atoms with van der Waals surface area (Å²) in [4.78, 5) is 13.5. The summed E-state index contributed by atoms with van der Waals surface area (Å²) >= 11 is 0. The number of hydrogen-bond donors (Lipinski definition) is 2. The SMILES string of the molecule is CCCCCC=CCC=CCCCCCCCC(=O)N(CCO)CCO. The maximum Gasteiger partial charge on any atom is 0.222 e. The molecule has 0 aromatic rings.